The summed E-state index contributed by atoms with van der Waals surface area (Å²) in [7, 11) is 1.44. The van der Waals surface area contributed by atoms with Crippen LogP contribution in [0.3, 0.4) is 0 Å². The van der Waals surface area contributed by atoms with E-state index in [0.29, 0.717) is 24.2 Å². The van der Waals surface area contributed by atoms with E-state index in [0.717, 1.165) is 35.7 Å². The number of hydrogen-bond donors (Lipinski definition) is 0. The molecule has 28 heavy (non-hydrogen) atoms. The Morgan fingerprint density at radius 3 is 2.50 bits per heavy atom. The number of nitrogens with zero attached hydrogens (tertiary/aromatic N) is 3. The van der Waals surface area contributed by atoms with Crippen molar-refractivity contribution in [3.8, 4) is 23.1 Å². The van der Waals surface area contributed by atoms with Crippen LogP contribution in [0.15, 0.2) is 40.2 Å². The fourth-order valence-corrected chi connectivity index (χ4v) is 3.22. The van der Waals surface area contributed by atoms with Crippen LogP contribution in [-0.2, 0) is 6.18 Å². The SMILES string of the molecule is COc1cccc(-c2cc(C(F)(F)F)c(C#N)c(=O)n2N=C2CCCCC2)c1. The highest BCUT2D eigenvalue weighted by molar-refractivity contribution is 5.85. The molecule has 1 aromatic heterocycles. The van der Waals surface area contributed by atoms with Gasteiger partial charge in [-0.3, -0.25) is 4.79 Å². The van der Waals surface area contributed by atoms with Gasteiger partial charge in [0.15, 0.2) is 0 Å². The first-order valence-corrected chi connectivity index (χ1v) is 8.83. The summed E-state index contributed by atoms with van der Waals surface area (Å²) in [5.41, 5.74) is -2.26. The van der Waals surface area contributed by atoms with Crippen molar-refractivity contribution in [1.29, 1.82) is 5.26 Å². The molecule has 0 amide bonds. The zero-order valence-electron chi connectivity index (χ0n) is 15.2. The highest BCUT2D eigenvalue weighted by atomic mass is 19.4. The summed E-state index contributed by atoms with van der Waals surface area (Å²) in [6, 6.07) is 8.57. The molecule has 8 heteroatoms. The first kappa shape index (κ1) is 19.7. The lowest BCUT2D eigenvalue weighted by molar-refractivity contribution is -0.137. The molecule has 0 spiro atoms. The van der Waals surface area contributed by atoms with Crippen LogP contribution < -0.4 is 10.3 Å². The van der Waals surface area contributed by atoms with Gasteiger partial charge in [-0.2, -0.15) is 28.2 Å². The molecule has 0 saturated heterocycles. The second kappa shape index (κ2) is 7.89. The minimum absolute atomic E-state index is 0.0340. The monoisotopic (exact) mass is 389 g/mol. The lowest BCUT2D eigenvalue weighted by Crippen LogP contribution is -2.27. The molecule has 146 valence electrons. The summed E-state index contributed by atoms with van der Waals surface area (Å²) in [5.74, 6) is 0.430. The third kappa shape index (κ3) is 3.93. The molecule has 0 atom stereocenters. The van der Waals surface area contributed by atoms with Crippen LogP contribution in [-0.4, -0.2) is 17.5 Å². The Labute approximate surface area is 159 Å². The highest BCUT2D eigenvalue weighted by Gasteiger charge is 2.36. The maximum Gasteiger partial charge on any atom is 0.417 e. The third-order valence-electron chi connectivity index (χ3n) is 4.64. The molecule has 0 radical (unpaired) electrons. The second-order valence-corrected chi connectivity index (χ2v) is 6.50. The smallest absolute Gasteiger partial charge is 0.417 e. The minimum Gasteiger partial charge on any atom is -0.497 e. The van der Waals surface area contributed by atoms with Crippen LogP contribution in [0.25, 0.3) is 11.3 Å². The molecule has 0 aliphatic heterocycles. The van der Waals surface area contributed by atoms with E-state index in [4.69, 9.17) is 4.74 Å². The first-order valence-electron chi connectivity index (χ1n) is 8.83. The van der Waals surface area contributed by atoms with Crippen molar-refractivity contribution < 1.29 is 17.9 Å². The van der Waals surface area contributed by atoms with Gasteiger partial charge in [0.05, 0.1) is 18.4 Å². The van der Waals surface area contributed by atoms with Gasteiger partial charge in [0.1, 0.15) is 17.4 Å². The van der Waals surface area contributed by atoms with Crippen LogP contribution in [0.4, 0.5) is 13.2 Å². The molecule has 0 bridgehead atoms. The molecular formula is C20H18F3N3O2. The van der Waals surface area contributed by atoms with Gasteiger partial charge < -0.3 is 4.74 Å². The molecule has 1 heterocycles. The van der Waals surface area contributed by atoms with Crippen molar-refractivity contribution >= 4 is 5.71 Å². The van der Waals surface area contributed by atoms with Gasteiger partial charge in [-0.1, -0.05) is 18.6 Å². The molecule has 1 saturated carbocycles. The van der Waals surface area contributed by atoms with Crippen molar-refractivity contribution in [1.82, 2.24) is 4.68 Å². The van der Waals surface area contributed by atoms with Crippen LogP contribution >= 0.6 is 0 Å². The van der Waals surface area contributed by atoms with Crippen LogP contribution in [0, 0.1) is 11.3 Å². The number of benzene rings is 1. The normalized spacial score (nSPS) is 14.5. The lowest BCUT2D eigenvalue weighted by Gasteiger charge is -2.17. The standard InChI is InChI=1S/C20H18F3N3O2/c1-28-15-9-5-6-13(10-15)18-11-17(20(21,22)23)16(12-24)19(27)26(18)25-14-7-3-2-4-8-14/h5-6,9-11H,2-4,7-8H2,1H3. The van der Waals surface area contributed by atoms with Crippen LogP contribution in [0.1, 0.15) is 43.2 Å². The Balaban J connectivity index is 2.32. The summed E-state index contributed by atoms with van der Waals surface area (Å²) in [5, 5.41) is 13.5. The van der Waals surface area contributed by atoms with Crippen molar-refractivity contribution in [3.63, 3.8) is 0 Å². The topological polar surface area (TPSA) is 67.4 Å². The molecule has 0 unspecified atom stereocenters. The summed E-state index contributed by atoms with van der Waals surface area (Å²) < 4.78 is 46.5. The second-order valence-electron chi connectivity index (χ2n) is 6.50. The van der Waals surface area contributed by atoms with E-state index in [1.807, 2.05) is 0 Å². The van der Waals surface area contributed by atoms with Gasteiger partial charge in [0.25, 0.3) is 5.56 Å². The molecule has 0 N–H and O–H groups in total. The van der Waals surface area contributed by atoms with Crippen molar-refractivity contribution in [2.24, 2.45) is 5.10 Å². The number of hydrogen-bond acceptors (Lipinski definition) is 4. The van der Waals surface area contributed by atoms with Gasteiger partial charge in [0, 0.05) is 11.3 Å². The predicted octanol–water partition coefficient (Wildman–Crippen LogP) is 4.58. The zero-order chi connectivity index (χ0) is 20.3. The molecule has 1 aliphatic carbocycles. The summed E-state index contributed by atoms with van der Waals surface area (Å²) >= 11 is 0. The molecule has 2 aromatic rings. The number of aromatic nitrogens is 1. The van der Waals surface area contributed by atoms with Crippen molar-refractivity contribution in [3.05, 3.63) is 51.8 Å². The molecule has 3 rings (SSSR count). The molecular weight excluding hydrogens is 371 g/mol. The van der Waals surface area contributed by atoms with E-state index in [2.05, 4.69) is 5.10 Å². The Morgan fingerprint density at radius 1 is 1.18 bits per heavy atom. The summed E-state index contributed by atoms with van der Waals surface area (Å²) in [6.07, 6.45) is -0.622. The van der Waals surface area contributed by atoms with Gasteiger partial charge in [-0.05, 0) is 43.9 Å². The van der Waals surface area contributed by atoms with E-state index in [1.165, 1.54) is 19.2 Å². The first-order chi connectivity index (χ1) is 13.3. The average molecular weight is 389 g/mol. The van der Waals surface area contributed by atoms with E-state index in [1.54, 1.807) is 18.2 Å². The minimum atomic E-state index is -4.84. The molecule has 1 aliphatic rings. The van der Waals surface area contributed by atoms with E-state index in [9.17, 15) is 23.2 Å². The van der Waals surface area contributed by atoms with E-state index in [-0.39, 0.29) is 5.69 Å². The number of nitriles is 1. The third-order valence-corrected chi connectivity index (χ3v) is 4.64. The average Bonchev–Trinajstić information content (AvgIpc) is 2.69. The Hall–Kier alpha value is -3.08. The van der Waals surface area contributed by atoms with E-state index < -0.39 is 22.9 Å². The number of halogens is 3. The summed E-state index contributed by atoms with van der Waals surface area (Å²) in [4.78, 5) is 12.8. The number of ether oxygens (including phenoxy) is 1. The van der Waals surface area contributed by atoms with Gasteiger partial charge >= 0.3 is 6.18 Å². The molecule has 1 fully saturated rings. The Kier molecular flexibility index (Phi) is 5.54. The highest BCUT2D eigenvalue weighted by Crippen LogP contribution is 2.34. The number of pyridine rings is 1. The van der Waals surface area contributed by atoms with Gasteiger partial charge in [-0.15, -0.1) is 0 Å². The van der Waals surface area contributed by atoms with Gasteiger partial charge in [0.2, 0.25) is 0 Å². The maximum atomic E-state index is 13.5. The van der Waals surface area contributed by atoms with Crippen molar-refractivity contribution in [2.45, 2.75) is 38.3 Å². The Morgan fingerprint density at radius 2 is 1.89 bits per heavy atom. The Bertz CT molecular complexity index is 1010. The predicted molar refractivity (Wildman–Crippen MR) is 98.3 cm³/mol. The zero-order valence-corrected chi connectivity index (χ0v) is 15.2. The molecule has 1 aromatic carbocycles. The lowest BCUT2D eigenvalue weighted by atomic mass is 9.99. The number of alkyl halides is 3. The fourth-order valence-electron chi connectivity index (χ4n) is 3.22. The van der Waals surface area contributed by atoms with Gasteiger partial charge in [-0.25, -0.2) is 0 Å². The largest absolute Gasteiger partial charge is 0.497 e. The molecule has 5 nitrogen and oxygen atoms in total. The number of methoxy groups -OCH3 is 1. The van der Waals surface area contributed by atoms with Crippen LogP contribution in [0.5, 0.6) is 5.75 Å². The maximum absolute atomic E-state index is 13.5. The number of rotatable bonds is 3. The summed E-state index contributed by atoms with van der Waals surface area (Å²) in [6.45, 7) is 0. The fraction of sp³-hybridized carbons (Fsp3) is 0.350. The quantitative estimate of drug-likeness (QED) is 0.772. The van der Waals surface area contributed by atoms with E-state index >= 15 is 0 Å². The van der Waals surface area contributed by atoms with Crippen LogP contribution in [0.2, 0.25) is 0 Å². The van der Waals surface area contributed by atoms with Crippen molar-refractivity contribution in [2.75, 3.05) is 7.11 Å².